The maximum absolute atomic E-state index is 13.1. The molecule has 0 saturated carbocycles. The predicted molar refractivity (Wildman–Crippen MR) is 56.4 cm³/mol. The number of halogens is 1. The van der Waals surface area contributed by atoms with E-state index in [0.717, 1.165) is 42.7 Å². The van der Waals surface area contributed by atoms with Gasteiger partial charge in [0, 0.05) is 23.9 Å². The van der Waals surface area contributed by atoms with Crippen LogP contribution in [0.25, 0.3) is 11.0 Å². The maximum Gasteiger partial charge on any atom is 0.134 e. The fourth-order valence-corrected chi connectivity index (χ4v) is 2.19. The minimum absolute atomic E-state index is 0.191. The van der Waals surface area contributed by atoms with E-state index >= 15 is 0 Å². The lowest BCUT2D eigenvalue weighted by atomic mass is 10.1. The predicted octanol–water partition coefficient (Wildman–Crippen LogP) is 2.26. The van der Waals surface area contributed by atoms with Gasteiger partial charge in [-0.05, 0) is 31.2 Å². The molecule has 0 spiro atoms. The lowest BCUT2D eigenvalue weighted by Crippen LogP contribution is -2.16. The van der Waals surface area contributed by atoms with Crippen molar-refractivity contribution in [3.63, 3.8) is 0 Å². The zero-order valence-corrected chi connectivity index (χ0v) is 8.35. The molecule has 0 fully saturated rings. The largest absolute Gasteiger partial charge is 0.461 e. The molecule has 2 aromatic rings. The fourth-order valence-electron chi connectivity index (χ4n) is 2.19. The number of rotatable bonds is 0. The molecule has 3 heteroatoms. The molecule has 0 atom stereocenters. The van der Waals surface area contributed by atoms with Gasteiger partial charge in [-0.15, -0.1) is 0 Å². The van der Waals surface area contributed by atoms with Gasteiger partial charge in [0.2, 0.25) is 0 Å². The van der Waals surface area contributed by atoms with Crippen molar-refractivity contribution in [2.75, 3.05) is 13.1 Å². The summed E-state index contributed by atoms with van der Waals surface area (Å²) in [7, 11) is 0. The van der Waals surface area contributed by atoms with Crippen LogP contribution in [0, 0.1) is 5.82 Å². The Morgan fingerprint density at radius 2 is 2.07 bits per heavy atom. The molecule has 0 radical (unpaired) electrons. The monoisotopic (exact) mass is 205 g/mol. The summed E-state index contributed by atoms with van der Waals surface area (Å²) in [5.41, 5.74) is 1.98. The summed E-state index contributed by atoms with van der Waals surface area (Å²) in [5.74, 6) is 0.823. The lowest BCUT2D eigenvalue weighted by molar-refractivity contribution is 0.541. The summed E-state index contributed by atoms with van der Waals surface area (Å²) in [4.78, 5) is 0. The molecule has 0 unspecified atom stereocenters. The third-order valence-electron chi connectivity index (χ3n) is 2.92. The average Bonchev–Trinajstić information content (AvgIpc) is 2.44. The smallest absolute Gasteiger partial charge is 0.134 e. The molecule has 15 heavy (non-hydrogen) atoms. The van der Waals surface area contributed by atoms with Crippen LogP contribution in [0.2, 0.25) is 0 Å². The molecule has 0 saturated heterocycles. The Hall–Kier alpha value is -1.35. The summed E-state index contributed by atoms with van der Waals surface area (Å²) >= 11 is 0. The van der Waals surface area contributed by atoms with Crippen molar-refractivity contribution in [3.05, 3.63) is 35.3 Å². The van der Waals surface area contributed by atoms with Crippen molar-refractivity contribution in [1.82, 2.24) is 5.32 Å². The molecule has 1 aliphatic rings. The second-order valence-corrected chi connectivity index (χ2v) is 3.89. The van der Waals surface area contributed by atoms with Gasteiger partial charge in [-0.3, -0.25) is 0 Å². The Morgan fingerprint density at radius 3 is 3.00 bits per heavy atom. The molecule has 1 aliphatic heterocycles. The van der Waals surface area contributed by atoms with Gasteiger partial charge >= 0.3 is 0 Å². The first-order chi connectivity index (χ1) is 7.34. The van der Waals surface area contributed by atoms with Crippen molar-refractivity contribution in [2.45, 2.75) is 12.8 Å². The number of fused-ring (bicyclic) bond motifs is 3. The van der Waals surface area contributed by atoms with E-state index in [2.05, 4.69) is 5.32 Å². The lowest BCUT2D eigenvalue weighted by Gasteiger charge is -1.96. The highest BCUT2D eigenvalue weighted by Gasteiger charge is 2.16. The highest BCUT2D eigenvalue weighted by molar-refractivity contribution is 5.82. The standard InChI is InChI=1S/C12H12FNO/c13-8-1-2-11-10(7-8)9-3-5-14-6-4-12(9)15-11/h1-2,7,14H,3-6H2. The Kier molecular flexibility index (Phi) is 1.99. The number of hydrogen-bond donors (Lipinski definition) is 1. The highest BCUT2D eigenvalue weighted by Crippen LogP contribution is 2.28. The second-order valence-electron chi connectivity index (χ2n) is 3.89. The van der Waals surface area contributed by atoms with Gasteiger partial charge in [-0.1, -0.05) is 0 Å². The maximum atomic E-state index is 13.1. The molecule has 0 bridgehead atoms. The quantitative estimate of drug-likeness (QED) is 0.713. The number of hydrogen-bond acceptors (Lipinski definition) is 2. The zero-order valence-electron chi connectivity index (χ0n) is 8.35. The number of furan rings is 1. The van der Waals surface area contributed by atoms with Crippen LogP contribution in [0.1, 0.15) is 11.3 Å². The Balaban J connectivity index is 2.24. The summed E-state index contributed by atoms with van der Waals surface area (Å²) in [5, 5.41) is 4.24. The first-order valence-corrected chi connectivity index (χ1v) is 5.25. The van der Waals surface area contributed by atoms with E-state index in [1.165, 1.54) is 11.6 Å². The van der Waals surface area contributed by atoms with Crippen LogP contribution >= 0.6 is 0 Å². The van der Waals surface area contributed by atoms with Gasteiger partial charge in [-0.25, -0.2) is 4.39 Å². The van der Waals surface area contributed by atoms with Gasteiger partial charge in [-0.2, -0.15) is 0 Å². The Bertz CT molecular complexity index is 504. The first-order valence-electron chi connectivity index (χ1n) is 5.25. The summed E-state index contributed by atoms with van der Waals surface area (Å²) in [6.07, 6.45) is 1.82. The van der Waals surface area contributed by atoms with Gasteiger partial charge in [0.1, 0.15) is 17.2 Å². The van der Waals surface area contributed by atoms with E-state index in [1.54, 1.807) is 12.1 Å². The topological polar surface area (TPSA) is 25.2 Å². The van der Waals surface area contributed by atoms with Crippen LogP contribution in [0.5, 0.6) is 0 Å². The van der Waals surface area contributed by atoms with Crippen molar-refractivity contribution in [2.24, 2.45) is 0 Å². The fraction of sp³-hybridized carbons (Fsp3) is 0.333. The van der Waals surface area contributed by atoms with Gasteiger partial charge in [0.25, 0.3) is 0 Å². The van der Waals surface area contributed by atoms with E-state index in [0.29, 0.717) is 0 Å². The molecule has 2 heterocycles. The van der Waals surface area contributed by atoms with Crippen LogP contribution in [0.3, 0.4) is 0 Å². The highest BCUT2D eigenvalue weighted by atomic mass is 19.1. The van der Waals surface area contributed by atoms with E-state index in [4.69, 9.17) is 4.42 Å². The third-order valence-corrected chi connectivity index (χ3v) is 2.92. The Morgan fingerprint density at radius 1 is 1.20 bits per heavy atom. The van der Waals surface area contributed by atoms with E-state index in [-0.39, 0.29) is 5.82 Å². The van der Waals surface area contributed by atoms with Crippen molar-refractivity contribution < 1.29 is 8.81 Å². The molecule has 1 aromatic heterocycles. The van der Waals surface area contributed by atoms with Crippen molar-refractivity contribution >= 4 is 11.0 Å². The zero-order chi connectivity index (χ0) is 10.3. The Labute approximate surface area is 87.1 Å². The van der Waals surface area contributed by atoms with E-state index in [9.17, 15) is 4.39 Å². The summed E-state index contributed by atoms with van der Waals surface area (Å²) in [6.45, 7) is 1.88. The number of benzene rings is 1. The SMILES string of the molecule is Fc1ccc2oc3c(c2c1)CCNCC3. The molecule has 1 N–H and O–H groups in total. The molecule has 78 valence electrons. The van der Waals surface area contributed by atoms with Crippen molar-refractivity contribution in [1.29, 1.82) is 0 Å². The third kappa shape index (κ3) is 1.43. The molecule has 3 rings (SSSR count). The van der Waals surface area contributed by atoms with Gasteiger partial charge in [0.05, 0.1) is 0 Å². The van der Waals surface area contributed by atoms with E-state index < -0.39 is 0 Å². The molecular formula is C12H12FNO. The van der Waals surface area contributed by atoms with Crippen LogP contribution < -0.4 is 5.32 Å². The molecule has 1 aromatic carbocycles. The first kappa shape index (κ1) is 8.92. The van der Waals surface area contributed by atoms with Crippen LogP contribution in [0.4, 0.5) is 4.39 Å². The minimum atomic E-state index is -0.191. The van der Waals surface area contributed by atoms with E-state index in [1.807, 2.05) is 0 Å². The molecule has 0 amide bonds. The second kappa shape index (κ2) is 3.35. The summed E-state index contributed by atoms with van der Waals surface area (Å²) < 4.78 is 18.8. The molecule has 0 aliphatic carbocycles. The molecule has 2 nitrogen and oxygen atoms in total. The van der Waals surface area contributed by atoms with Gasteiger partial charge < -0.3 is 9.73 Å². The van der Waals surface area contributed by atoms with Crippen molar-refractivity contribution in [3.8, 4) is 0 Å². The van der Waals surface area contributed by atoms with Crippen LogP contribution in [0.15, 0.2) is 22.6 Å². The summed E-state index contributed by atoms with van der Waals surface area (Å²) in [6, 6.07) is 4.74. The normalized spacial score (nSPS) is 16.3. The number of nitrogens with one attached hydrogen (secondary N) is 1. The average molecular weight is 205 g/mol. The minimum Gasteiger partial charge on any atom is -0.461 e. The van der Waals surface area contributed by atoms with Crippen LogP contribution in [-0.2, 0) is 12.8 Å². The van der Waals surface area contributed by atoms with Crippen LogP contribution in [-0.4, -0.2) is 13.1 Å². The van der Waals surface area contributed by atoms with Gasteiger partial charge in [0.15, 0.2) is 0 Å². The molecular weight excluding hydrogens is 193 g/mol.